The molecule has 5 heteroatoms. The Morgan fingerprint density at radius 2 is 1.79 bits per heavy atom. The number of aromatic nitrogens is 3. The van der Waals surface area contributed by atoms with Gasteiger partial charge in [0.25, 0.3) is 0 Å². The number of nitrogens with one attached hydrogen (secondary N) is 1. The molecule has 0 amide bonds. The second-order valence-electron chi connectivity index (χ2n) is 4.03. The number of benzene rings is 1. The molecule has 0 saturated heterocycles. The van der Waals surface area contributed by atoms with E-state index in [1.165, 1.54) is 6.07 Å². The van der Waals surface area contributed by atoms with E-state index >= 15 is 0 Å². The van der Waals surface area contributed by atoms with Gasteiger partial charge >= 0.3 is 0 Å². The van der Waals surface area contributed by atoms with E-state index in [-0.39, 0.29) is 5.82 Å². The smallest absolute Gasteiger partial charge is 0.138 e. The summed E-state index contributed by atoms with van der Waals surface area (Å²) in [4.78, 5) is 3.97. The van der Waals surface area contributed by atoms with E-state index < -0.39 is 0 Å². The number of halogens is 2. The van der Waals surface area contributed by atoms with Crippen LogP contribution in [0.3, 0.4) is 0 Å². The number of rotatable bonds is 2. The van der Waals surface area contributed by atoms with E-state index in [4.69, 9.17) is 0 Å². The summed E-state index contributed by atoms with van der Waals surface area (Å²) in [6.07, 6.45) is 3.43. The first-order valence-corrected chi connectivity index (χ1v) is 6.44. The molecule has 0 unspecified atom stereocenters. The summed E-state index contributed by atoms with van der Waals surface area (Å²) < 4.78 is 13.9. The fraction of sp³-hybridized carbons (Fsp3) is 0. The Morgan fingerprint density at radius 3 is 2.53 bits per heavy atom. The Kier molecular flexibility index (Phi) is 3.13. The molecule has 0 spiro atoms. The van der Waals surface area contributed by atoms with Crippen molar-refractivity contribution in [2.45, 2.75) is 0 Å². The minimum Gasteiger partial charge on any atom is -0.277 e. The van der Waals surface area contributed by atoms with Crippen molar-refractivity contribution in [1.29, 1.82) is 0 Å². The molecule has 3 nitrogen and oxygen atoms in total. The maximum atomic E-state index is 13.5. The van der Waals surface area contributed by atoms with Gasteiger partial charge in [-0.05, 0) is 46.3 Å². The van der Waals surface area contributed by atoms with Gasteiger partial charge in [0.05, 0.1) is 15.9 Å². The van der Waals surface area contributed by atoms with Gasteiger partial charge in [-0.15, -0.1) is 0 Å². The third kappa shape index (κ3) is 2.42. The van der Waals surface area contributed by atoms with Crippen molar-refractivity contribution in [3.05, 3.63) is 59.1 Å². The Hall–Kier alpha value is -2.01. The first kappa shape index (κ1) is 12.0. The second kappa shape index (κ2) is 4.93. The minimum atomic E-state index is -0.300. The summed E-state index contributed by atoms with van der Waals surface area (Å²) in [5.41, 5.74) is 3.31. The molecule has 0 atom stereocenters. The predicted molar refractivity (Wildman–Crippen MR) is 74.9 cm³/mol. The van der Waals surface area contributed by atoms with E-state index in [0.29, 0.717) is 10.2 Å². The molecule has 0 saturated carbocycles. The minimum absolute atomic E-state index is 0.300. The molecule has 2 aromatic heterocycles. The lowest BCUT2D eigenvalue weighted by Gasteiger charge is -1.98. The molecule has 1 aromatic carbocycles. The molecule has 0 aliphatic heterocycles. The van der Waals surface area contributed by atoms with Crippen LogP contribution >= 0.6 is 15.9 Å². The average molecular weight is 318 g/mol. The Balaban J connectivity index is 1.99. The van der Waals surface area contributed by atoms with E-state index in [2.05, 4.69) is 31.1 Å². The quantitative estimate of drug-likeness (QED) is 0.775. The number of pyridine rings is 1. The number of H-pyrrole nitrogens is 1. The summed E-state index contributed by atoms with van der Waals surface area (Å²) in [5.74, 6) is -0.300. The Bertz CT molecular complexity index is 710. The van der Waals surface area contributed by atoms with Crippen molar-refractivity contribution in [3.8, 4) is 22.5 Å². The molecule has 1 N–H and O–H groups in total. The van der Waals surface area contributed by atoms with E-state index in [1.807, 2.05) is 24.3 Å². The zero-order chi connectivity index (χ0) is 13.2. The normalized spacial score (nSPS) is 10.6. The second-order valence-corrected chi connectivity index (χ2v) is 4.89. The van der Waals surface area contributed by atoms with Gasteiger partial charge in [-0.25, -0.2) is 4.39 Å². The number of hydrogen-bond donors (Lipinski definition) is 1. The number of nitrogens with zero attached hydrogens (tertiary/aromatic N) is 2. The lowest BCUT2D eigenvalue weighted by molar-refractivity contribution is 0.621. The molecular formula is C14H9BrFN3. The van der Waals surface area contributed by atoms with E-state index in [1.54, 1.807) is 18.5 Å². The molecule has 0 aliphatic rings. The zero-order valence-electron chi connectivity index (χ0n) is 9.77. The molecule has 0 bridgehead atoms. The van der Waals surface area contributed by atoms with Crippen molar-refractivity contribution < 1.29 is 4.39 Å². The predicted octanol–water partition coefficient (Wildman–Crippen LogP) is 4.04. The lowest BCUT2D eigenvalue weighted by atomic mass is 10.1. The molecule has 3 aromatic rings. The zero-order valence-corrected chi connectivity index (χ0v) is 11.4. The third-order valence-corrected chi connectivity index (χ3v) is 3.43. The van der Waals surface area contributed by atoms with Crippen LogP contribution in [0.5, 0.6) is 0 Å². The van der Waals surface area contributed by atoms with Gasteiger partial charge in [0.1, 0.15) is 5.82 Å². The van der Waals surface area contributed by atoms with Gasteiger partial charge in [-0.2, -0.15) is 5.10 Å². The first-order chi connectivity index (χ1) is 9.24. The average Bonchev–Trinajstić information content (AvgIpc) is 2.93. The molecular weight excluding hydrogens is 309 g/mol. The molecule has 0 fully saturated rings. The standard InChI is InChI=1S/C14H9BrFN3/c15-11-2-1-10(7-12(11)16)14-8-13(18-19-14)9-3-5-17-6-4-9/h1-8H,(H,18,19). The largest absolute Gasteiger partial charge is 0.277 e. The molecule has 3 rings (SSSR count). The summed E-state index contributed by atoms with van der Waals surface area (Å²) in [6, 6.07) is 10.6. The highest BCUT2D eigenvalue weighted by Crippen LogP contribution is 2.26. The Labute approximate surface area is 117 Å². The van der Waals surface area contributed by atoms with Crippen molar-refractivity contribution in [1.82, 2.24) is 15.2 Å². The summed E-state index contributed by atoms with van der Waals surface area (Å²) in [6.45, 7) is 0. The van der Waals surface area contributed by atoms with Gasteiger partial charge in [0.15, 0.2) is 0 Å². The van der Waals surface area contributed by atoms with Crippen LogP contribution in [0.1, 0.15) is 0 Å². The summed E-state index contributed by atoms with van der Waals surface area (Å²) in [5, 5.41) is 7.15. The van der Waals surface area contributed by atoms with Gasteiger partial charge in [-0.3, -0.25) is 10.1 Å². The van der Waals surface area contributed by atoms with Crippen LogP contribution in [0.4, 0.5) is 4.39 Å². The van der Waals surface area contributed by atoms with Crippen LogP contribution in [-0.2, 0) is 0 Å². The Morgan fingerprint density at radius 1 is 1.00 bits per heavy atom. The lowest BCUT2D eigenvalue weighted by Crippen LogP contribution is -1.81. The fourth-order valence-corrected chi connectivity index (χ4v) is 2.05. The molecule has 19 heavy (non-hydrogen) atoms. The van der Waals surface area contributed by atoms with Crippen LogP contribution in [0, 0.1) is 5.82 Å². The van der Waals surface area contributed by atoms with Crippen LogP contribution in [0.15, 0.2) is 53.3 Å². The van der Waals surface area contributed by atoms with Gasteiger partial charge < -0.3 is 0 Å². The number of aromatic amines is 1. The van der Waals surface area contributed by atoms with Gasteiger partial charge in [-0.1, -0.05) is 6.07 Å². The van der Waals surface area contributed by atoms with Crippen molar-refractivity contribution in [3.63, 3.8) is 0 Å². The van der Waals surface area contributed by atoms with Crippen LogP contribution in [0.2, 0.25) is 0 Å². The highest BCUT2D eigenvalue weighted by atomic mass is 79.9. The molecule has 0 aliphatic carbocycles. The molecule has 2 heterocycles. The SMILES string of the molecule is Fc1cc(-c2cc(-c3ccncc3)[nH]n2)ccc1Br. The fourth-order valence-electron chi connectivity index (χ4n) is 1.80. The summed E-state index contributed by atoms with van der Waals surface area (Å²) >= 11 is 3.13. The van der Waals surface area contributed by atoms with Gasteiger partial charge in [0, 0.05) is 23.5 Å². The molecule has 94 valence electrons. The maximum Gasteiger partial charge on any atom is 0.138 e. The monoisotopic (exact) mass is 317 g/mol. The first-order valence-electron chi connectivity index (χ1n) is 5.65. The van der Waals surface area contributed by atoms with Gasteiger partial charge in [0.2, 0.25) is 0 Å². The highest BCUT2D eigenvalue weighted by molar-refractivity contribution is 9.10. The number of hydrogen-bond acceptors (Lipinski definition) is 2. The maximum absolute atomic E-state index is 13.5. The van der Waals surface area contributed by atoms with Crippen molar-refractivity contribution in [2.75, 3.05) is 0 Å². The van der Waals surface area contributed by atoms with Crippen LogP contribution in [0.25, 0.3) is 22.5 Å². The molecule has 0 radical (unpaired) electrons. The van der Waals surface area contributed by atoms with E-state index in [0.717, 1.165) is 16.8 Å². The van der Waals surface area contributed by atoms with Crippen molar-refractivity contribution in [2.24, 2.45) is 0 Å². The van der Waals surface area contributed by atoms with Crippen LogP contribution in [-0.4, -0.2) is 15.2 Å². The third-order valence-electron chi connectivity index (χ3n) is 2.78. The highest BCUT2D eigenvalue weighted by Gasteiger charge is 2.08. The van der Waals surface area contributed by atoms with E-state index in [9.17, 15) is 4.39 Å². The topological polar surface area (TPSA) is 41.6 Å². The van der Waals surface area contributed by atoms with Crippen LogP contribution < -0.4 is 0 Å². The van der Waals surface area contributed by atoms with Crippen molar-refractivity contribution >= 4 is 15.9 Å². The summed E-state index contributed by atoms with van der Waals surface area (Å²) in [7, 11) is 0.